The van der Waals surface area contributed by atoms with Crippen LogP contribution in [0.3, 0.4) is 0 Å². The minimum atomic E-state index is 0.770. The number of pyridine rings is 1. The molecule has 0 atom stereocenters. The Morgan fingerprint density at radius 3 is 2.78 bits per heavy atom. The molecule has 0 amide bonds. The molecule has 0 aromatic carbocycles. The summed E-state index contributed by atoms with van der Waals surface area (Å²) in [5.74, 6) is 1.54. The van der Waals surface area contributed by atoms with Gasteiger partial charge in [0.15, 0.2) is 5.82 Å². The number of hydrogen-bond acceptors (Lipinski definition) is 5. The van der Waals surface area contributed by atoms with Gasteiger partial charge in [-0.05, 0) is 19.1 Å². The molecule has 1 saturated heterocycles. The molecule has 94 valence electrons. The number of rotatable bonds is 2. The van der Waals surface area contributed by atoms with E-state index in [1.165, 1.54) is 0 Å². The zero-order valence-corrected chi connectivity index (χ0v) is 10.3. The van der Waals surface area contributed by atoms with Gasteiger partial charge < -0.3 is 10.2 Å². The lowest BCUT2D eigenvalue weighted by molar-refractivity contribution is 0.580. The Labute approximate surface area is 105 Å². The first-order valence-electron chi connectivity index (χ1n) is 6.14. The fourth-order valence-electron chi connectivity index (χ4n) is 2.00. The van der Waals surface area contributed by atoms with Gasteiger partial charge in [0, 0.05) is 43.6 Å². The van der Waals surface area contributed by atoms with Crippen molar-refractivity contribution in [3.63, 3.8) is 0 Å². The third-order valence-electron chi connectivity index (χ3n) is 3.06. The van der Waals surface area contributed by atoms with Gasteiger partial charge in [0.1, 0.15) is 0 Å². The number of nitrogens with zero attached hydrogens (tertiary/aromatic N) is 4. The third-order valence-corrected chi connectivity index (χ3v) is 3.06. The lowest BCUT2D eigenvalue weighted by Crippen LogP contribution is -2.44. The molecule has 2 aromatic heterocycles. The smallest absolute Gasteiger partial charge is 0.245 e. The van der Waals surface area contributed by atoms with E-state index in [1.807, 2.05) is 25.3 Å². The lowest BCUT2D eigenvalue weighted by atomic mass is 10.2. The van der Waals surface area contributed by atoms with Crippen LogP contribution < -0.4 is 10.2 Å². The van der Waals surface area contributed by atoms with E-state index in [0.717, 1.165) is 49.2 Å². The normalized spacial score (nSPS) is 15.9. The molecule has 6 heteroatoms. The quantitative estimate of drug-likeness (QED) is 0.809. The van der Waals surface area contributed by atoms with E-state index in [1.54, 1.807) is 0 Å². The number of nitrogens with one attached hydrogen (secondary N) is 2. The van der Waals surface area contributed by atoms with Gasteiger partial charge in [-0.15, -0.1) is 5.10 Å². The van der Waals surface area contributed by atoms with Gasteiger partial charge >= 0.3 is 0 Å². The summed E-state index contributed by atoms with van der Waals surface area (Å²) in [7, 11) is 0. The summed E-state index contributed by atoms with van der Waals surface area (Å²) in [4.78, 5) is 11.0. The van der Waals surface area contributed by atoms with Gasteiger partial charge in [-0.3, -0.25) is 10.1 Å². The standard InChI is InChI=1S/C12H16N6/c1-9-2-3-10(8-14-9)11-15-12(17-16-11)18-6-4-13-5-7-18/h2-3,8,13H,4-7H2,1H3,(H,15,16,17). The maximum atomic E-state index is 4.53. The van der Waals surface area contributed by atoms with Crippen molar-refractivity contribution in [2.24, 2.45) is 0 Å². The van der Waals surface area contributed by atoms with Crippen LogP contribution in [-0.4, -0.2) is 46.3 Å². The van der Waals surface area contributed by atoms with Crippen LogP contribution in [0.2, 0.25) is 0 Å². The fourth-order valence-corrected chi connectivity index (χ4v) is 2.00. The monoisotopic (exact) mass is 244 g/mol. The fraction of sp³-hybridized carbons (Fsp3) is 0.417. The summed E-state index contributed by atoms with van der Waals surface area (Å²) < 4.78 is 0. The average Bonchev–Trinajstić information content (AvgIpc) is 2.90. The van der Waals surface area contributed by atoms with Crippen molar-refractivity contribution in [1.82, 2.24) is 25.5 Å². The molecule has 6 nitrogen and oxygen atoms in total. The Kier molecular flexibility index (Phi) is 2.93. The number of aromatic amines is 1. The highest BCUT2D eigenvalue weighted by atomic mass is 15.4. The molecule has 1 aliphatic rings. The lowest BCUT2D eigenvalue weighted by Gasteiger charge is -2.25. The van der Waals surface area contributed by atoms with E-state index < -0.39 is 0 Å². The molecular weight excluding hydrogens is 228 g/mol. The van der Waals surface area contributed by atoms with Gasteiger partial charge in [-0.2, -0.15) is 4.98 Å². The highest BCUT2D eigenvalue weighted by molar-refractivity contribution is 5.55. The highest BCUT2D eigenvalue weighted by Crippen LogP contribution is 2.17. The second-order valence-electron chi connectivity index (χ2n) is 4.41. The third kappa shape index (κ3) is 2.19. The summed E-state index contributed by atoms with van der Waals surface area (Å²) in [6, 6.07) is 3.98. The van der Waals surface area contributed by atoms with E-state index in [4.69, 9.17) is 0 Å². The van der Waals surface area contributed by atoms with Gasteiger partial charge in [-0.1, -0.05) is 0 Å². The van der Waals surface area contributed by atoms with E-state index in [9.17, 15) is 0 Å². The highest BCUT2D eigenvalue weighted by Gasteiger charge is 2.15. The van der Waals surface area contributed by atoms with Crippen molar-refractivity contribution in [2.45, 2.75) is 6.92 Å². The molecule has 0 bridgehead atoms. The number of H-pyrrole nitrogens is 1. The summed E-state index contributed by atoms with van der Waals surface area (Å²) in [6.45, 7) is 5.83. The zero-order chi connectivity index (χ0) is 12.4. The topological polar surface area (TPSA) is 69.7 Å². The minimum absolute atomic E-state index is 0.770. The molecule has 2 N–H and O–H groups in total. The Morgan fingerprint density at radius 2 is 2.06 bits per heavy atom. The molecule has 1 fully saturated rings. The van der Waals surface area contributed by atoms with Crippen molar-refractivity contribution >= 4 is 5.95 Å². The Balaban J connectivity index is 1.82. The summed E-state index contributed by atoms with van der Waals surface area (Å²) >= 11 is 0. The average molecular weight is 244 g/mol. The molecular formula is C12H16N6. The number of piperazine rings is 1. The summed E-state index contributed by atoms with van der Waals surface area (Å²) in [5, 5.41) is 10.6. The van der Waals surface area contributed by atoms with Crippen molar-refractivity contribution < 1.29 is 0 Å². The van der Waals surface area contributed by atoms with Crippen LogP contribution >= 0.6 is 0 Å². The first-order chi connectivity index (χ1) is 8.83. The molecule has 2 aromatic rings. The predicted octanol–water partition coefficient (Wildman–Crippen LogP) is 0.585. The SMILES string of the molecule is Cc1ccc(-c2nc(N3CCNCC3)n[nH]2)cn1. The first kappa shape index (κ1) is 11.2. The largest absolute Gasteiger partial charge is 0.337 e. The van der Waals surface area contributed by atoms with E-state index >= 15 is 0 Å². The van der Waals surface area contributed by atoms with Crippen LogP contribution in [0, 0.1) is 6.92 Å². The first-order valence-corrected chi connectivity index (χ1v) is 6.14. The Bertz CT molecular complexity index is 512. The minimum Gasteiger partial charge on any atom is -0.337 e. The molecule has 18 heavy (non-hydrogen) atoms. The van der Waals surface area contributed by atoms with Crippen LogP contribution in [0.15, 0.2) is 18.3 Å². The second kappa shape index (κ2) is 4.73. The zero-order valence-electron chi connectivity index (χ0n) is 10.3. The number of anilines is 1. The van der Waals surface area contributed by atoms with Crippen molar-refractivity contribution in [2.75, 3.05) is 31.1 Å². The summed E-state index contributed by atoms with van der Waals surface area (Å²) in [5.41, 5.74) is 1.97. The van der Waals surface area contributed by atoms with Gasteiger partial charge in [-0.25, -0.2) is 0 Å². The maximum Gasteiger partial charge on any atom is 0.245 e. The van der Waals surface area contributed by atoms with Crippen LogP contribution in [0.25, 0.3) is 11.4 Å². The molecule has 1 aliphatic heterocycles. The van der Waals surface area contributed by atoms with Crippen LogP contribution in [0.5, 0.6) is 0 Å². The molecule has 0 saturated carbocycles. The second-order valence-corrected chi connectivity index (χ2v) is 4.41. The molecule has 0 aliphatic carbocycles. The number of aromatic nitrogens is 4. The molecule has 0 unspecified atom stereocenters. The number of hydrogen-bond donors (Lipinski definition) is 2. The van der Waals surface area contributed by atoms with Crippen LogP contribution in [0.4, 0.5) is 5.95 Å². The molecule has 3 rings (SSSR count). The Morgan fingerprint density at radius 1 is 1.22 bits per heavy atom. The molecule has 0 spiro atoms. The van der Waals surface area contributed by atoms with E-state index in [-0.39, 0.29) is 0 Å². The van der Waals surface area contributed by atoms with Gasteiger partial charge in [0.05, 0.1) is 0 Å². The van der Waals surface area contributed by atoms with Crippen molar-refractivity contribution in [3.8, 4) is 11.4 Å². The van der Waals surface area contributed by atoms with Crippen LogP contribution in [-0.2, 0) is 0 Å². The maximum absolute atomic E-state index is 4.53. The Hall–Kier alpha value is -1.95. The van der Waals surface area contributed by atoms with E-state index in [0.29, 0.717) is 0 Å². The van der Waals surface area contributed by atoms with Crippen LogP contribution in [0.1, 0.15) is 5.69 Å². The van der Waals surface area contributed by atoms with Crippen molar-refractivity contribution in [1.29, 1.82) is 0 Å². The number of aryl methyl sites for hydroxylation is 1. The van der Waals surface area contributed by atoms with Crippen molar-refractivity contribution in [3.05, 3.63) is 24.0 Å². The molecule has 3 heterocycles. The predicted molar refractivity (Wildman–Crippen MR) is 69.4 cm³/mol. The molecule has 0 radical (unpaired) electrons. The summed E-state index contributed by atoms with van der Waals surface area (Å²) in [6.07, 6.45) is 1.82. The van der Waals surface area contributed by atoms with Gasteiger partial charge in [0.25, 0.3) is 0 Å². The van der Waals surface area contributed by atoms with Gasteiger partial charge in [0.2, 0.25) is 5.95 Å². The van der Waals surface area contributed by atoms with E-state index in [2.05, 4.69) is 30.4 Å².